The summed E-state index contributed by atoms with van der Waals surface area (Å²) in [6.07, 6.45) is 0. The summed E-state index contributed by atoms with van der Waals surface area (Å²) in [5.74, 6) is -0.0971. The summed E-state index contributed by atoms with van der Waals surface area (Å²) in [4.78, 5) is 28.0. The Balaban J connectivity index is 1.75. The van der Waals surface area contributed by atoms with Crippen LogP contribution < -0.4 is 10.4 Å². The normalized spacial score (nSPS) is 10.8. The number of ether oxygens (including phenoxy) is 1. The summed E-state index contributed by atoms with van der Waals surface area (Å²) >= 11 is 1.47. The second kappa shape index (κ2) is 6.57. The Kier molecular flexibility index (Phi) is 4.10. The third kappa shape index (κ3) is 3.14. The van der Waals surface area contributed by atoms with Crippen LogP contribution in [0.2, 0.25) is 0 Å². The van der Waals surface area contributed by atoms with Gasteiger partial charge in [-0.2, -0.15) is 0 Å². The minimum absolute atomic E-state index is 0.334. The molecule has 2 heterocycles. The number of rotatable bonds is 3. The van der Waals surface area contributed by atoms with Crippen LogP contribution in [0.15, 0.2) is 69.2 Å². The maximum Gasteiger partial charge on any atom is 0.345 e. The molecule has 2 aromatic heterocycles. The van der Waals surface area contributed by atoms with Gasteiger partial charge in [0.05, 0.1) is 11.3 Å². The van der Waals surface area contributed by atoms with Gasteiger partial charge in [-0.1, -0.05) is 30.3 Å². The van der Waals surface area contributed by atoms with E-state index in [4.69, 9.17) is 9.15 Å². The van der Waals surface area contributed by atoms with Gasteiger partial charge in [0.1, 0.15) is 16.3 Å². The molecule has 128 valence electrons. The summed E-state index contributed by atoms with van der Waals surface area (Å²) < 4.78 is 10.4. The van der Waals surface area contributed by atoms with Crippen molar-refractivity contribution in [3.63, 3.8) is 0 Å². The fourth-order valence-corrected chi connectivity index (χ4v) is 3.44. The van der Waals surface area contributed by atoms with Crippen LogP contribution in [0, 0.1) is 0 Å². The van der Waals surface area contributed by atoms with Crippen molar-refractivity contribution in [2.75, 3.05) is 0 Å². The summed E-state index contributed by atoms with van der Waals surface area (Å²) in [5, 5.41) is 3.41. The van der Waals surface area contributed by atoms with Crippen LogP contribution in [-0.4, -0.2) is 11.0 Å². The number of nitrogens with zero attached hydrogens (tertiary/aromatic N) is 1. The molecule has 0 N–H and O–H groups in total. The quantitative estimate of drug-likeness (QED) is 0.304. The zero-order chi connectivity index (χ0) is 18.1. The van der Waals surface area contributed by atoms with Crippen molar-refractivity contribution in [2.45, 2.75) is 6.92 Å². The maximum absolute atomic E-state index is 12.4. The third-order valence-corrected chi connectivity index (χ3v) is 4.66. The average Bonchev–Trinajstić information content (AvgIpc) is 3.11. The van der Waals surface area contributed by atoms with E-state index in [0.717, 1.165) is 16.0 Å². The zero-order valence-corrected chi connectivity index (χ0v) is 14.6. The Bertz CT molecular complexity index is 1160. The summed E-state index contributed by atoms with van der Waals surface area (Å²) in [5.41, 5.74) is 1.85. The lowest BCUT2D eigenvalue weighted by molar-refractivity contribution is -0.131. The standard InChI is InChI=1S/C20H13NO4S/c1-12(22)24-15-8-7-14-9-16(20(23)25-18(14)10-15)17-11-26-19(21-17)13-5-3-2-4-6-13/h2-11H,1H3. The Morgan fingerprint density at radius 2 is 1.92 bits per heavy atom. The molecule has 0 atom stereocenters. The van der Waals surface area contributed by atoms with Gasteiger partial charge in [-0.15, -0.1) is 11.3 Å². The molecule has 6 heteroatoms. The largest absolute Gasteiger partial charge is 0.427 e. The van der Waals surface area contributed by atoms with Crippen molar-refractivity contribution in [1.82, 2.24) is 4.98 Å². The minimum atomic E-state index is -0.484. The monoisotopic (exact) mass is 363 g/mol. The third-order valence-electron chi connectivity index (χ3n) is 3.77. The first-order valence-corrected chi connectivity index (χ1v) is 8.76. The zero-order valence-electron chi connectivity index (χ0n) is 13.8. The second-order valence-electron chi connectivity index (χ2n) is 5.64. The predicted octanol–water partition coefficient (Wildman–Crippen LogP) is 4.51. The number of aromatic nitrogens is 1. The summed E-state index contributed by atoms with van der Waals surface area (Å²) in [7, 11) is 0. The van der Waals surface area contributed by atoms with Crippen LogP contribution in [-0.2, 0) is 4.79 Å². The van der Waals surface area contributed by atoms with Crippen LogP contribution in [0.3, 0.4) is 0 Å². The van der Waals surface area contributed by atoms with E-state index in [1.807, 2.05) is 35.7 Å². The van der Waals surface area contributed by atoms with Gasteiger partial charge in [0.25, 0.3) is 0 Å². The highest BCUT2D eigenvalue weighted by molar-refractivity contribution is 7.13. The molecule has 0 radical (unpaired) electrons. The molecule has 0 saturated carbocycles. The Labute approximate surface area is 152 Å². The molecule has 2 aromatic carbocycles. The van der Waals surface area contributed by atoms with Gasteiger partial charge in [0.2, 0.25) is 0 Å². The van der Waals surface area contributed by atoms with Gasteiger partial charge >= 0.3 is 11.6 Å². The van der Waals surface area contributed by atoms with Crippen LogP contribution in [0.4, 0.5) is 0 Å². The lowest BCUT2D eigenvalue weighted by Crippen LogP contribution is -2.04. The molecule has 26 heavy (non-hydrogen) atoms. The fourth-order valence-electron chi connectivity index (χ4n) is 2.61. The average molecular weight is 363 g/mol. The highest BCUT2D eigenvalue weighted by Gasteiger charge is 2.13. The lowest BCUT2D eigenvalue weighted by atomic mass is 10.1. The highest BCUT2D eigenvalue weighted by atomic mass is 32.1. The molecular formula is C20H13NO4S. The van der Waals surface area contributed by atoms with Crippen LogP contribution in [0.5, 0.6) is 5.75 Å². The fraction of sp³-hybridized carbons (Fsp3) is 0.0500. The summed E-state index contributed by atoms with van der Waals surface area (Å²) in [6.45, 7) is 1.32. The van der Waals surface area contributed by atoms with Crippen LogP contribution in [0.1, 0.15) is 6.92 Å². The Morgan fingerprint density at radius 3 is 2.69 bits per heavy atom. The molecule has 0 fully saturated rings. The van der Waals surface area contributed by atoms with Crippen molar-refractivity contribution in [3.8, 4) is 27.6 Å². The van der Waals surface area contributed by atoms with Gasteiger partial charge < -0.3 is 9.15 Å². The van der Waals surface area contributed by atoms with Gasteiger partial charge in [0, 0.05) is 29.3 Å². The van der Waals surface area contributed by atoms with Crippen molar-refractivity contribution in [1.29, 1.82) is 0 Å². The van der Waals surface area contributed by atoms with Gasteiger partial charge in [-0.3, -0.25) is 4.79 Å². The second-order valence-corrected chi connectivity index (χ2v) is 6.50. The molecular weight excluding hydrogens is 350 g/mol. The first kappa shape index (κ1) is 16.2. The molecule has 0 spiro atoms. The first-order chi connectivity index (χ1) is 12.6. The van der Waals surface area contributed by atoms with Gasteiger partial charge in [0.15, 0.2) is 0 Å². The van der Waals surface area contributed by atoms with E-state index >= 15 is 0 Å². The Morgan fingerprint density at radius 1 is 1.12 bits per heavy atom. The topological polar surface area (TPSA) is 69.4 Å². The van der Waals surface area contributed by atoms with Crippen LogP contribution >= 0.6 is 11.3 Å². The number of hydrogen-bond acceptors (Lipinski definition) is 6. The molecule has 0 saturated heterocycles. The predicted molar refractivity (Wildman–Crippen MR) is 100 cm³/mol. The minimum Gasteiger partial charge on any atom is -0.427 e. The molecule has 0 bridgehead atoms. The Hall–Kier alpha value is -3.25. The van der Waals surface area contributed by atoms with E-state index < -0.39 is 11.6 Å². The number of thiazole rings is 1. The van der Waals surface area contributed by atoms with Crippen molar-refractivity contribution in [2.24, 2.45) is 0 Å². The first-order valence-electron chi connectivity index (χ1n) is 7.88. The lowest BCUT2D eigenvalue weighted by Gasteiger charge is -2.03. The molecule has 0 aliphatic heterocycles. The highest BCUT2D eigenvalue weighted by Crippen LogP contribution is 2.29. The summed E-state index contributed by atoms with van der Waals surface area (Å²) in [6, 6.07) is 16.4. The smallest absolute Gasteiger partial charge is 0.345 e. The molecule has 4 rings (SSSR count). The van der Waals surface area contributed by atoms with E-state index in [9.17, 15) is 9.59 Å². The van der Waals surface area contributed by atoms with Crippen molar-refractivity contribution < 1.29 is 13.9 Å². The molecule has 0 aliphatic carbocycles. The van der Waals surface area contributed by atoms with E-state index in [0.29, 0.717) is 22.6 Å². The number of benzene rings is 2. The number of hydrogen-bond donors (Lipinski definition) is 0. The van der Waals surface area contributed by atoms with Gasteiger partial charge in [-0.25, -0.2) is 9.78 Å². The molecule has 0 amide bonds. The van der Waals surface area contributed by atoms with Gasteiger partial charge in [-0.05, 0) is 18.2 Å². The molecule has 4 aromatic rings. The number of carbonyl (C=O) groups is 1. The van der Waals surface area contributed by atoms with E-state index in [-0.39, 0.29) is 0 Å². The van der Waals surface area contributed by atoms with Crippen LogP contribution in [0.25, 0.3) is 32.8 Å². The maximum atomic E-state index is 12.4. The van der Waals surface area contributed by atoms with Crippen molar-refractivity contribution in [3.05, 3.63) is 70.4 Å². The number of esters is 1. The van der Waals surface area contributed by atoms with E-state index in [1.54, 1.807) is 18.2 Å². The molecule has 0 aliphatic rings. The SMILES string of the molecule is CC(=O)Oc1ccc2cc(-c3csc(-c4ccccc4)n3)c(=O)oc2c1. The number of carbonyl (C=O) groups excluding carboxylic acids is 1. The number of fused-ring (bicyclic) bond motifs is 1. The molecule has 5 nitrogen and oxygen atoms in total. The van der Waals surface area contributed by atoms with Crippen molar-refractivity contribution >= 4 is 28.3 Å². The van der Waals surface area contributed by atoms with E-state index in [1.165, 1.54) is 24.3 Å². The molecule has 0 unspecified atom stereocenters. The van der Waals surface area contributed by atoms with E-state index in [2.05, 4.69) is 4.98 Å².